The minimum atomic E-state index is -0.0227. The van der Waals surface area contributed by atoms with E-state index in [1.54, 1.807) is 11.8 Å². The van der Waals surface area contributed by atoms with Crippen LogP contribution in [0.3, 0.4) is 0 Å². The average Bonchev–Trinajstić information content (AvgIpc) is 2.68. The Morgan fingerprint density at radius 2 is 2.25 bits per heavy atom. The van der Waals surface area contributed by atoms with Gasteiger partial charge in [-0.3, -0.25) is 9.59 Å². The SMILES string of the molecule is CCOCCCNC(=O)C1CCC2S/C(=C/c3cccc(C)c3)C(=O)NC2C1. The van der Waals surface area contributed by atoms with Gasteiger partial charge in [-0.25, -0.2) is 0 Å². The molecular formula is C22H30N2O3S. The number of carbonyl (C=O) groups is 2. The van der Waals surface area contributed by atoms with E-state index in [1.165, 1.54) is 5.56 Å². The van der Waals surface area contributed by atoms with Crippen LogP contribution in [0.4, 0.5) is 0 Å². The molecule has 152 valence electrons. The minimum absolute atomic E-state index is 0.0171. The Morgan fingerprint density at radius 3 is 3.04 bits per heavy atom. The molecule has 0 aromatic heterocycles. The number of fused-ring (bicyclic) bond motifs is 1. The highest BCUT2D eigenvalue weighted by Gasteiger charge is 2.39. The second-order valence-electron chi connectivity index (χ2n) is 7.51. The van der Waals surface area contributed by atoms with Crippen LogP contribution in [-0.4, -0.2) is 42.9 Å². The molecular weight excluding hydrogens is 372 g/mol. The number of nitrogens with one attached hydrogen (secondary N) is 2. The third-order valence-electron chi connectivity index (χ3n) is 5.28. The second-order valence-corrected chi connectivity index (χ2v) is 8.79. The molecule has 3 rings (SSSR count). The van der Waals surface area contributed by atoms with E-state index in [0.717, 1.165) is 36.2 Å². The van der Waals surface area contributed by atoms with Gasteiger partial charge in [-0.15, -0.1) is 11.8 Å². The van der Waals surface area contributed by atoms with Crippen molar-refractivity contribution in [3.63, 3.8) is 0 Å². The van der Waals surface area contributed by atoms with Gasteiger partial charge in [-0.05, 0) is 51.2 Å². The Morgan fingerprint density at radius 1 is 1.39 bits per heavy atom. The first kappa shape index (κ1) is 20.9. The molecule has 6 heteroatoms. The summed E-state index contributed by atoms with van der Waals surface area (Å²) in [6.45, 7) is 6.05. The Hall–Kier alpha value is -1.79. The minimum Gasteiger partial charge on any atom is -0.382 e. The van der Waals surface area contributed by atoms with Crippen LogP contribution in [0.5, 0.6) is 0 Å². The van der Waals surface area contributed by atoms with Crippen LogP contribution in [0.1, 0.15) is 43.7 Å². The lowest BCUT2D eigenvalue weighted by molar-refractivity contribution is -0.127. The smallest absolute Gasteiger partial charge is 0.257 e. The molecule has 0 bridgehead atoms. The Labute approximate surface area is 171 Å². The fraction of sp³-hybridized carbons (Fsp3) is 0.545. The largest absolute Gasteiger partial charge is 0.382 e. The van der Waals surface area contributed by atoms with Crippen molar-refractivity contribution in [2.75, 3.05) is 19.8 Å². The lowest BCUT2D eigenvalue weighted by Crippen LogP contribution is -2.51. The number of ether oxygens (including phenoxy) is 1. The Kier molecular flexibility index (Phi) is 7.57. The number of aryl methyl sites for hydroxylation is 1. The number of hydrogen-bond acceptors (Lipinski definition) is 4. The summed E-state index contributed by atoms with van der Waals surface area (Å²) in [6, 6.07) is 8.23. The maximum atomic E-state index is 12.6. The van der Waals surface area contributed by atoms with Gasteiger partial charge in [0.25, 0.3) is 5.91 Å². The summed E-state index contributed by atoms with van der Waals surface area (Å²) < 4.78 is 5.30. The van der Waals surface area contributed by atoms with Gasteiger partial charge in [-0.2, -0.15) is 0 Å². The van der Waals surface area contributed by atoms with Crippen LogP contribution in [0.25, 0.3) is 6.08 Å². The van der Waals surface area contributed by atoms with Gasteiger partial charge in [0.1, 0.15) is 0 Å². The zero-order valence-electron chi connectivity index (χ0n) is 16.7. The first-order valence-corrected chi connectivity index (χ1v) is 11.1. The molecule has 5 nitrogen and oxygen atoms in total. The van der Waals surface area contributed by atoms with Crippen molar-refractivity contribution in [3.05, 3.63) is 40.3 Å². The Balaban J connectivity index is 1.53. The predicted molar refractivity (Wildman–Crippen MR) is 114 cm³/mol. The monoisotopic (exact) mass is 402 g/mol. The zero-order valence-corrected chi connectivity index (χ0v) is 17.5. The van der Waals surface area contributed by atoms with Crippen molar-refractivity contribution in [1.82, 2.24) is 10.6 Å². The van der Waals surface area contributed by atoms with Gasteiger partial charge in [0.05, 0.1) is 4.91 Å². The molecule has 1 aliphatic carbocycles. The summed E-state index contributed by atoms with van der Waals surface area (Å²) in [7, 11) is 0. The maximum Gasteiger partial charge on any atom is 0.257 e. The topological polar surface area (TPSA) is 67.4 Å². The first-order valence-electron chi connectivity index (χ1n) is 10.2. The van der Waals surface area contributed by atoms with Crippen molar-refractivity contribution in [3.8, 4) is 0 Å². The quantitative estimate of drug-likeness (QED) is 0.543. The van der Waals surface area contributed by atoms with E-state index in [2.05, 4.69) is 29.7 Å². The summed E-state index contributed by atoms with van der Waals surface area (Å²) in [4.78, 5) is 25.8. The predicted octanol–water partition coefficient (Wildman–Crippen LogP) is 3.28. The summed E-state index contributed by atoms with van der Waals surface area (Å²) in [5.74, 6) is 0.0670. The zero-order chi connectivity index (χ0) is 19.9. The van der Waals surface area contributed by atoms with Crippen molar-refractivity contribution in [2.45, 2.75) is 50.8 Å². The molecule has 3 unspecified atom stereocenters. The van der Waals surface area contributed by atoms with Gasteiger partial charge < -0.3 is 15.4 Å². The van der Waals surface area contributed by atoms with Crippen LogP contribution in [0.2, 0.25) is 0 Å². The summed E-state index contributed by atoms with van der Waals surface area (Å²) >= 11 is 1.67. The normalized spacial score (nSPS) is 25.9. The highest BCUT2D eigenvalue weighted by Crippen LogP contribution is 2.39. The van der Waals surface area contributed by atoms with Crippen molar-refractivity contribution in [1.29, 1.82) is 0 Å². The number of amides is 2. The van der Waals surface area contributed by atoms with Crippen LogP contribution < -0.4 is 10.6 Å². The molecule has 2 N–H and O–H groups in total. The van der Waals surface area contributed by atoms with Crippen molar-refractivity contribution in [2.24, 2.45) is 5.92 Å². The molecule has 2 fully saturated rings. The molecule has 3 atom stereocenters. The molecule has 0 radical (unpaired) electrons. The number of carbonyl (C=O) groups excluding carboxylic acids is 2. The van der Waals surface area contributed by atoms with E-state index in [1.807, 2.05) is 25.1 Å². The number of thioether (sulfide) groups is 1. The van der Waals surface area contributed by atoms with E-state index in [9.17, 15) is 9.59 Å². The van der Waals surface area contributed by atoms with Crippen LogP contribution >= 0.6 is 11.8 Å². The second kappa shape index (κ2) is 10.1. The molecule has 0 spiro atoms. The van der Waals surface area contributed by atoms with E-state index in [-0.39, 0.29) is 23.8 Å². The summed E-state index contributed by atoms with van der Waals surface area (Å²) in [5.41, 5.74) is 2.23. The average molecular weight is 403 g/mol. The molecule has 28 heavy (non-hydrogen) atoms. The molecule has 1 saturated heterocycles. The van der Waals surface area contributed by atoms with Gasteiger partial charge in [0.15, 0.2) is 0 Å². The molecule has 1 heterocycles. The van der Waals surface area contributed by atoms with Gasteiger partial charge >= 0.3 is 0 Å². The number of rotatable bonds is 7. The Bertz CT molecular complexity index is 734. The number of hydrogen-bond donors (Lipinski definition) is 2. The van der Waals surface area contributed by atoms with E-state index >= 15 is 0 Å². The molecule has 2 amide bonds. The summed E-state index contributed by atoms with van der Waals surface area (Å²) in [6.07, 6.45) is 5.34. The molecule has 1 aromatic carbocycles. The van der Waals surface area contributed by atoms with E-state index in [0.29, 0.717) is 25.0 Å². The fourth-order valence-electron chi connectivity index (χ4n) is 3.82. The third-order valence-corrected chi connectivity index (χ3v) is 6.71. The van der Waals surface area contributed by atoms with Crippen molar-refractivity contribution >= 4 is 29.7 Å². The van der Waals surface area contributed by atoms with Crippen molar-refractivity contribution < 1.29 is 14.3 Å². The van der Waals surface area contributed by atoms with Crippen LogP contribution in [-0.2, 0) is 14.3 Å². The maximum absolute atomic E-state index is 12.6. The third kappa shape index (κ3) is 5.61. The molecule has 1 aliphatic heterocycles. The standard InChI is InChI=1S/C22H30N2O3S/c1-3-27-11-5-10-23-21(25)17-8-9-19-18(14-17)24-22(26)20(28-19)13-16-7-4-6-15(2)12-16/h4,6-7,12-13,17-19H,3,5,8-11,14H2,1-2H3,(H,23,25)(H,24,26)/b20-13+. The lowest BCUT2D eigenvalue weighted by Gasteiger charge is -2.39. The first-order chi connectivity index (χ1) is 13.6. The number of benzene rings is 1. The van der Waals surface area contributed by atoms with Gasteiger partial charge in [0, 0.05) is 37.0 Å². The van der Waals surface area contributed by atoms with E-state index < -0.39 is 0 Å². The van der Waals surface area contributed by atoms with Crippen LogP contribution in [0, 0.1) is 12.8 Å². The fourth-order valence-corrected chi connectivity index (χ4v) is 5.11. The highest BCUT2D eigenvalue weighted by molar-refractivity contribution is 8.04. The highest BCUT2D eigenvalue weighted by atomic mass is 32.2. The van der Waals surface area contributed by atoms with Gasteiger partial charge in [-0.1, -0.05) is 29.8 Å². The van der Waals surface area contributed by atoms with E-state index in [4.69, 9.17) is 4.74 Å². The van der Waals surface area contributed by atoms with Gasteiger partial charge in [0.2, 0.25) is 5.91 Å². The summed E-state index contributed by atoms with van der Waals surface area (Å²) in [5, 5.41) is 6.50. The molecule has 1 saturated carbocycles. The molecule has 1 aromatic rings. The molecule has 2 aliphatic rings. The van der Waals surface area contributed by atoms with Crippen LogP contribution in [0.15, 0.2) is 29.2 Å². The lowest BCUT2D eigenvalue weighted by atomic mass is 9.84.